The van der Waals surface area contributed by atoms with E-state index in [2.05, 4.69) is 11.8 Å². The summed E-state index contributed by atoms with van der Waals surface area (Å²) in [5.74, 6) is 6.96. The predicted molar refractivity (Wildman–Crippen MR) is 126 cm³/mol. The van der Waals surface area contributed by atoms with Gasteiger partial charge in [0.05, 0.1) is 16.8 Å². The Morgan fingerprint density at radius 1 is 1.00 bits per heavy atom. The van der Waals surface area contributed by atoms with Crippen LogP contribution in [0, 0.1) is 11.8 Å². The molecule has 1 aliphatic carbocycles. The van der Waals surface area contributed by atoms with Gasteiger partial charge in [0.1, 0.15) is 4.83 Å². The number of benzene rings is 2. The van der Waals surface area contributed by atoms with Gasteiger partial charge in [-0.25, -0.2) is 4.98 Å². The number of hydrogen-bond acceptors (Lipinski definition) is 4. The summed E-state index contributed by atoms with van der Waals surface area (Å²) in [7, 11) is 0. The van der Waals surface area contributed by atoms with Crippen LogP contribution in [0.25, 0.3) is 15.9 Å². The summed E-state index contributed by atoms with van der Waals surface area (Å²) in [6.07, 6.45) is 4.39. The fourth-order valence-electron chi connectivity index (χ4n) is 3.85. The molecule has 2 heterocycles. The van der Waals surface area contributed by atoms with Crippen LogP contribution in [0.4, 0.5) is 0 Å². The van der Waals surface area contributed by atoms with Gasteiger partial charge in [-0.05, 0) is 55.5 Å². The molecule has 4 aromatic rings. The Bertz CT molecular complexity index is 1310. The van der Waals surface area contributed by atoms with Crippen molar-refractivity contribution < 1.29 is 0 Å². The number of rotatable bonds is 3. The van der Waals surface area contributed by atoms with E-state index in [9.17, 15) is 4.79 Å². The summed E-state index contributed by atoms with van der Waals surface area (Å²) < 4.78 is 1.76. The van der Waals surface area contributed by atoms with Crippen LogP contribution in [0.1, 0.15) is 28.8 Å². The number of aryl methyl sites for hydroxylation is 2. The predicted octanol–water partition coefficient (Wildman–Crippen LogP) is 5.47. The highest BCUT2D eigenvalue weighted by Gasteiger charge is 2.22. The maximum absolute atomic E-state index is 13.6. The lowest BCUT2D eigenvalue weighted by Crippen LogP contribution is -2.22. The fourth-order valence-corrected chi connectivity index (χ4v) is 5.90. The SMILES string of the molecule is O=c1c2c3c(sc2nc(SCC#Cc2ccccc2)n1-c1ccccc1)CCCC3. The molecule has 30 heavy (non-hydrogen) atoms. The minimum absolute atomic E-state index is 0.0455. The van der Waals surface area contributed by atoms with Gasteiger partial charge in [0, 0.05) is 10.4 Å². The van der Waals surface area contributed by atoms with Crippen molar-refractivity contribution in [2.24, 2.45) is 0 Å². The van der Waals surface area contributed by atoms with Crippen molar-refractivity contribution in [1.82, 2.24) is 9.55 Å². The number of thiophene rings is 1. The van der Waals surface area contributed by atoms with Crippen LogP contribution < -0.4 is 5.56 Å². The summed E-state index contributed by atoms with van der Waals surface area (Å²) >= 11 is 3.22. The van der Waals surface area contributed by atoms with E-state index in [1.54, 1.807) is 15.9 Å². The smallest absolute Gasteiger partial charge is 0.267 e. The van der Waals surface area contributed by atoms with Crippen molar-refractivity contribution in [1.29, 1.82) is 0 Å². The molecule has 5 heteroatoms. The number of nitrogens with zero attached hydrogens (tertiary/aromatic N) is 2. The van der Waals surface area contributed by atoms with Crippen LogP contribution in [0.5, 0.6) is 0 Å². The lowest BCUT2D eigenvalue weighted by Gasteiger charge is -2.13. The Labute approximate surface area is 183 Å². The number of hydrogen-bond donors (Lipinski definition) is 0. The van der Waals surface area contributed by atoms with Crippen molar-refractivity contribution in [2.45, 2.75) is 30.8 Å². The van der Waals surface area contributed by atoms with Crippen molar-refractivity contribution in [2.75, 3.05) is 5.75 Å². The summed E-state index contributed by atoms with van der Waals surface area (Å²) in [5, 5.41) is 1.53. The van der Waals surface area contributed by atoms with Gasteiger partial charge in [-0.1, -0.05) is 60.0 Å². The average molecular weight is 429 g/mol. The van der Waals surface area contributed by atoms with Gasteiger partial charge < -0.3 is 0 Å². The third kappa shape index (κ3) is 3.69. The van der Waals surface area contributed by atoms with Gasteiger partial charge >= 0.3 is 0 Å². The number of aromatic nitrogens is 2. The molecule has 0 spiro atoms. The zero-order chi connectivity index (χ0) is 20.3. The number of thioether (sulfide) groups is 1. The van der Waals surface area contributed by atoms with E-state index in [-0.39, 0.29) is 5.56 Å². The van der Waals surface area contributed by atoms with Crippen LogP contribution in [0.15, 0.2) is 70.6 Å². The van der Waals surface area contributed by atoms with Crippen LogP contribution in [0.3, 0.4) is 0 Å². The average Bonchev–Trinajstić information content (AvgIpc) is 3.17. The van der Waals surface area contributed by atoms with E-state index in [0.717, 1.165) is 40.7 Å². The topological polar surface area (TPSA) is 34.9 Å². The molecular formula is C25H20N2OS2. The Morgan fingerprint density at radius 2 is 1.73 bits per heavy atom. The van der Waals surface area contributed by atoms with Crippen molar-refractivity contribution in [3.05, 3.63) is 87.0 Å². The normalized spacial score (nSPS) is 12.9. The van der Waals surface area contributed by atoms with E-state index < -0.39 is 0 Å². The first-order valence-corrected chi connectivity index (χ1v) is 11.9. The molecule has 0 N–H and O–H groups in total. The van der Waals surface area contributed by atoms with Gasteiger partial charge in [0.25, 0.3) is 5.56 Å². The second-order valence-corrected chi connectivity index (χ2v) is 9.24. The number of para-hydroxylation sites is 1. The number of fused-ring (bicyclic) bond motifs is 3. The van der Waals surface area contributed by atoms with E-state index in [1.165, 1.54) is 28.6 Å². The first-order valence-electron chi connectivity index (χ1n) is 10.1. The van der Waals surface area contributed by atoms with E-state index in [1.807, 2.05) is 60.7 Å². The van der Waals surface area contributed by atoms with Crippen LogP contribution in [0.2, 0.25) is 0 Å². The molecule has 0 saturated carbocycles. The highest BCUT2D eigenvalue weighted by atomic mass is 32.2. The zero-order valence-corrected chi connectivity index (χ0v) is 18.1. The quantitative estimate of drug-likeness (QED) is 0.247. The summed E-state index contributed by atoms with van der Waals surface area (Å²) in [5.41, 5.74) is 3.12. The Hall–Kier alpha value is -2.81. The van der Waals surface area contributed by atoms with Gasteiger partial charge in [-0.2, -0.15) is 0 Å². The molecule has 0 bridgehead atoms. The Morgan fingerprint density at radius 3 is 2.53 bits per heavy atom. The van der Waals surface area contributed by atoms with Gasteiger partial charge in [-0.3, -0.25) is 9.36 Å². The first kappa shape index (κ1) is 19.2. The molecule has 3 nitrogen and oxygen atoms in total. The van der Waals surface area contributed by atoms with Gasteiger partial charge in [-0.15, -0.1) is 11.3 Å². The van der Waals surface area contributed by atoms with Gasteiger partial charge in [0.2, 0.25) is 0 Å². The molecular weight excluding hydrogens is 408 g/mol. The molecule has 2 aromatic heterocycles. The lowest BCUT2D eigenvalue weighted by molar-refractivity contribution is 0.699. The fraction of sp³-hybridized carbons (Fsp3) is 0.200. The maximum Gasteiger partial charge on any atom is 0.267 e. The molecule has 0 amide bonds. The van der Waals surface area contributed by atoms with E-state index in [4.69, 9.17) is 4.98 Å². The van der Waals surface area contributed by atoms with Crippen LogP contribution >= 0.6 is 23.1 Å². The third-order valence-electron chi connectivity index (χ3n) is 5.25. The Kier molecular flexibility index (Phi) is 5.44. The monoisotopic (exact) mass is 428 g/mol. The van der Waals surface area contributed by atoms with E-state index in [0.29, 0.717) is 10.9 Å². The summed E-state index contributed by atoms with van der Waals surface area (Å²) in [6.45, 7) is 0. The molecule has 5 rings (SSSR count). The largest absolute Gasteiger partial charge is 0.268 e. The lowest BCUT2D eigenvalue weighted by atomic mass is 9.97. The third-order valence-corrected chi connectivity index (χ3v) is 7.26. The van der Waals surface area contributed by atoms with Crippen LogP contribution in [-0.2, 0) is 12.8 Å². The molecule has 0 radical (unpaired) electrons. The first-order chi connectivity index (χ1) is 14.8. The standard InChI is InChI=1S/C25H20N2OS2/c28-24-22-20-15-7-8-16-21(20)30-23(22)26-25(27(24)19-13-5-2-6-14-19)29-17-9-12-18-10-3-1-4-11-18/h1-6,10-11,13-14H,7-8,15-17H2. The summed E-state index contributed by atoms with van der Waals surface area (Å²) in [6, 6.07) is 19.8. The molecule has 0 fully saturated rings. The highest BCUT2D eigenvalue weighted by molar-refractivity contribution is 7.99. The molecule has 0 unspecified atom stereocenters. The molecule has 0 saturated heterocycles. The maximum atomic E-state index is 13.6. The molecule has 0 atom stereocenters. The second-order valence-electron chi connectivity index (χ2n) is 7.22. The van der Waals surface area contributed by atoms with Crippen molar-refractivity contribution in [3.8, 4) is 17.5 Å². The van der Waals surface area contributed by atoms with E-state index >= 15 is 0 Å². The minimum atomic E-state index is 0.0455. The highest BCUT2D eigenvalue weighted by Crippen LogP contribution is 2.35. The second kappa shape index (κ2) is 8.51. The zero-order valence-electron chi connectivity index (χ0n) is 16.4. The molecule has 0 aliphatic heterocycles. The van der Waals surface area contributed by atoms with Crippen molar-refractivity contribution in [3.63, 3.8) is 0 Å². The Balaban J connectivity index is 1.58. The minimum Gasteiger partial charge on any atom is -0.268 e. The van der Waals surface area contributed by atoms with Crippen molar-refractivity contribution >= 4 is 33.3 Å². The summed E-state index contributed by atoms with van der Waals surface area (Å²) in [4.78, 5) is 20.8. The molecule has 148 valence electrons. The van der Waals surface area contributed by atoms with Crippen LogP contribution in [-0.4, -0.2) is 15.3 Å². The molecule has 2 aromatic carbocycles. The molecule has 1 aliphatic rings. The van der Waals surface area contributed by atoms with Gasteiger partial charge in [0.15, 0.2) is 5.16 Å².